The largest absolute Gasteiger partial charge is 0.346 e. The molecule has 0 bridgehead atoms. The number of H-pyrrole nitrogens is 1. The monoisotopic (exact) mass is 210 g/mol. The molecule has 0 fully saturated rings. The Labute approximate surface area is 92.4 Å². The van der Waals surface area contributed by atoms with Crippen LogP contribution in [-0.2, 0) is 0 Å². The summed E-state index contributed by atoms with van der Waals surface area (Å²) >= 11 is 0. The Kier molecular flexibility index (Phi) is 1.93. The molecule has 0 aliphatic rings. The first-order chi connectivity index (χ1) is 7.84. The van der Waals surface area contributed by atoms with Gasteiger partial charge in [0.1, 0.15) is 11.5 Å². The molecule has 3 aromatic rings. The number of hydrogen-bond acceptors (Lipinski definition) is 3. The van der Waals surface area contributed by atoms with Crippen molar-refractivity contribution in [2.75, 3.05) is 0 Å². The minimum atomic E-state index is 0.779. The van der Waals surface area contributed by atoms with E-state index in [4.69, 9.17) is 0 Å². The lowest BCUT2D eigenvalue weighted by molar-refractivity contribution is 1.06. The van der Waals surface area contributed by atoms with E-state index in [0.717, 1.165) is 28.0 Å². The van der Waals surface area contributed by atoms with Gasteiger partial charge in [0.05, 0.1) is 0 Å². The second kappa shape index (κ2) is 3.41. The molecule has 16 heavy (non-hydrogen) atoms. The average Bonchev–Trinajstić information content (AvgIpc) is 2.74. The highest BCUT2D eigenvalue weighted by Crippen LogP contribution is 2.25. The molecule has 0 spiro atoms. The molecule has 0 unspecified atom stereocenters. The molecule has 0 saturated carbocycles. The molecule has 0 saturated heterocycles. The van der Waals surface area contributed by atoms with Crippen LogP contribution in [0.25, 0.3) is 22.2 Å². The van der Waals surface area contributed by atoms with Crippen molar-refractivity contribution < 1.29 is 0 Å². The zero-order chi connectivity index (χ0) is 11.0. The van der Waals surface area contributed by atoms with Crippen LogP contribution in [0.4, 0.5) is 0 Å². The third-order valence-electron chi connectivity index (χ3n) is 2.54. The van der Waals surface area contributed by atoms with Gasteiger partial charge in [0.25, 0.3) is 0 Å². The summed E-state index contributed by atoms with van der Waals surface area (Å²) in [6.45, 7) is 1.88. The molecule has 0 aromatic carbocycles. The molecule has 0 atom stereocenters. The van der Waals surface area contributed by atoms with Crippen LogP contribution < -0.4 is 0 Å². The molecule has 3 aromatic heterocycles. The van der Waals surface area contributed by atoms with E-state index in [1.165, 1.54) is 0 Å². The maximum atomic E-state index is 4.25. The van der Waals surface area contributed by atoms with Crippen molar-refractivity contribution in [1.29, 1.82) is 0 Å². The minimum absolute atomic E-state index is 0.779. The van der Waals surface area contributed by atoms with Gasteiger partial charge < -0.3 is 4.98 Å². The lowest BCUT2D eigenvalue weighted by Gasteiger charge is -1.98. The number of pyridine rings is 1. The summed E-state index contributed by atoms with van der Waals surface area (Å²) in [7, 11) is 0. The Morgan fingerprint density at radius 2 is 1.94 bits per heavy atom. The van der Waals surface area contributed by atoms with Crippen LogP contribution in [-0.4, -0.2) is 19.9 Å². The highest BCUT2D eigenvalue weighted by molar-refractivity contribution is 5.92. The summed E-state index contributed by atoms with van der Waals surface area (Å²) < 4.78 is 0. The molecule has 1 N–H and O–H groups in total. The molecule has 0 radical (unpaired) electrons. The number of nitrogens with zero attached hydrogens (tertiary/aromatic N) is 3. The number of rotatable bonds is 1. The fourth-order valence-corrected chi connectivity index (χ4v) is 1.73. The van der Waals surface area contributed by atoms with Crippen molar-refractivity contribution in [2.24, 2.45) is 0 Å². The number of nitrogens with one attached hydrogen (secondary N) is 1. The topological polar surface area (TPSA) is 54.5 Å². The van der Waals surface area contributed by atoms with Crippen molar-refractivity contribution in [3.05, 3.63) is 42.7 Å². The first-order valence-electron chi connectivity index (χ1n) is 5.06. The summed E-state index contributed by atoms with van der Waals surface area (Å²) in [6.07, 6.45) is 7.37. The third kappa shape index (κ3) is 1.35. The second-order valence-electron chi connectivity index (χ2n) is 3.62. The fraction of sp³-hybridized carbons (Fsp3) is 0.0833. The van der Waals surface area contributed by atoms with E-state index in [2.05, 4.69) is 19.9 Å². The Morgan fingerprint density at radius 1 is 1.12 bits per heavy atom. The normalized spacial score (nSPS) is 10.8. The van der Waals surface area contributed by atoms with Gasteiger partial charge in [-0.1, -0.05) is 0 Å². The van der Waals surface area contributed by atoms with Gasteiger partial charge in [0.15, 0.2) is 0 Å². The quantitative estimate of drug-likeness (QED) is 0.670. The highest BCUT2D eigenvalue weighted by atomic mass is 14.9. The average molecular weight is 210 g/mol. The standard InChI is InChI=1S/C12H10N4/c1-8-14-5-9(6-15-8)11-7-16-12-10(11)3-2-4-13-12/h2-7H,1H3,(H,13,16). The van der Waals surface area contributed by atoms with E-state index in [1.807, 2.05) is 37.6 Å². The summed E-state index contributed by atoms with van der Waals surface area (Å²) in [5.41, 5.74) is 2.98. The van der Waals surface area contributed by atoms with E-state index in [1.54, 1.807) is 6.20 Å². The molecule has 4 nitrogen and oxygen atoms in total. The number of aromatic amines is 1. The van der Waals surface area contributed by atoms with Gasteiger partial charge in [-0.2, -0.15) is 0 Å². The molecule has 3 rings (SSSR count). The Balaban J connectivity index is 2.22. The first-order valence-corrected chi connectivity index (χ1v) is 5.06. The molecule has 0 amide bonds. The predicted octanol–water partition coefficient (Wildman–Crippen LogP) is 2.33. The van der Waals surface area contributed by atoms with Crippen LogP contribution in [0.15, 0.2) is 36.9 Å². The molecular weight excluding hydrogens is 200 g/mol. The van der Waals surface area contributed by atoms with Crippen molar-refractivity contribution in [2.45, 2.75) is 6.92 Å². The van der Waals surface area contributed by atoms with E-state index < -0.39 is 0 Å². The molecule has 78 valence electrons. The highest BCUT2D eigenvalue weighted by Gasteiger charge is 2.06. The molecule has 0 aliphatic carbocycles. The van der Waals surface area contributed by atoms with Gasteiger partial charge in [-0.05, 0) is 19.1 Å². The Bertz CT molecular complexity index is 625. The Morgan fingerprint density at radius 3 is 2.75 bits per heavy atom. The smallest absolute Gasteiger partial charge is 0.137 e. The van der Waals surface area contributed by atoms with Crippen LogP contribution >= 0.6 is 0 Å². The van der Waals surface area contributed by atoms with Gasteiger partial charge in [0, 0.05) is 41.3 Å². The van der Waals surface area contributed by atoms with Gasteiger partial charge in [0.2, 0.25) is 0 Å². The van der Waals surface area contributed by atoms with Crippen LogP contribution in [0.3, 0.4) is 0 Å². The summed E-state index contributed by atoms with van der Waals surface area (Å²) in [5.74, 6) is 0.779. The lowest BCUT2D eigenvalue weighted by atomic mass is 10.1. The van der Waals surface area contributed by atoms with Gasteiger partial charge >= 0.3 is 0 Å². The second-order valence-corrected chi connectivity index (χ2v) is 3.62. The van der Waals surface area contributed by atoms with Crippen molar-refractivity contribution >= 4 is 11.0 Å². The maximum absolute atomic E-state index is 4.25. The zero-order valence-corrected chi connectivity index (χ0v) is 8.81. The van der Waals surface area contributed by atoms with Crippen molar-refractivity contribution in [3.8, 4) is 11.1 Å². The number of aryl methyl sites for hydroxylation is 1. The number of aromatic nitrogens is 4. The Hall–Kier alpha value is -2.23. The van der Waals surface area contributed by atoms with Gasteiger partial charge in [-0.25, -0.2) is 15.0 Å². The summed E-state index contributed by atoms with van der Waals surface area (Å²) in [4.78, 5) is 15.8. The third-order valence-corrected chi connectivity index (χ3v) is 2.54. The van der Waals surface area contributed by atoms with E-state index in [-0.39, 0.29) is 0 Å². The SMILES string of the molecule is Cc1ncc(-c2c[nH]c3ncccc23)cn1. The molecular formula is C12H10N4. The lowest BCUT2D eigenvalue weighted by Crippen LogP contribution is -1.86. The minimum Gasteiger partial charge on any atom is -0.346 e. The maximum Gasteiger partial charge on any atom is 0.137 e. The van der Waals surface area contributed by atoms with Crippen LogP contribution in [0.5, 0.6) is 0 Å². The van der Waals surface area contributed by atoms with E-state index >= 15 is 0 Å². The molecule has 4 heteroatoms. The van der Waals surface area contributed by atoms with E-state index in [9.17, 15) is 0 Å². The van der Waals surface area contributed by atoms with Crippen molar-refractivity contribution in [1.82, 2.24) is 19.9 Å². The van der Waals surface area contributed by atoms with E-state index in [0.29, 0.717) is 0 Å². The first kappa shape index (κ1) is 9.03. The fourth-order valence-electron chi connectivity index (χ4n) is 1.73. The van der Waals surface area contributed by atoms with Crippen LogP contribution in [0.2, 0.25) is 0 Å². The van der Waals surface area contributed by atoms with Crippen molar-refractivity contribution in [3.63, 3.8) is 0 Å². The zero-order valence-electron chi connectivity index (χ0n) is 8.81. The summed E-state index contributed by atoms with van der Waals surface area (Å²) in [6, 6.07) is 3.96. The van der Waals surface area contributed by atoms with Crippen LogP contribution in [0, 0.1) is 6.92 Å². The molecule has 3 heterocycles. The summed E-state index contributed by atoms with van der Waals surface area (Å²) in [5, 5.41) is 1.09. The van der Waals surface area contributed by atoms with Gasteiger partial charge in [-0.3, -0.25) is 0 Å². The molecule has 0 aliphatic heterocycles. The predicted molar refractivity (Wildman–Crippen MR) is 61.9 cm³/mol. The van der Waals surface area contributed by atoms with Gasteiger partial charge in [-0.15, -0.1) is 0 Å². The van der Waals surface area contributed by atoms with Crippen LogP contribution in [0.1, 0.15) is 5.82 Å². The number of hydrogen-bond donors (Lipinski definition) is 1. The number of fused-ring (bicyclic) bond motifs is 1.